The molecule has 0 bridgehead atoms. The second-order valence-electron chi connectivity index (χ2n) is 5.02. The first-order valence-electron chi connectivity index (χ1n) is 6.53. The lowest BCUT2D eigenvalue weighted by atomic mass is 10.1. The van der Waals surface area contributed by atoms with Crippen LogP contribution in [-0.2, 0) is 9.05 Å². The van der Waals surface area contributed by atoms with Gasteiger partial charge in [-0.05, 0) is 50.5 Å². The molecule has 0 radical (unpaired) electrons. The number of halogens is 1. The van der Waals surface area contributed by atoms with E-state index in [4.69, 9.17) is 10.7 Å². The molecule has 0 aliphatic heterocycles. The molecule has 1 aromatic carbocycles. The highest BCUT2D eigenvalue weighted by Gasteiger charge is 2.19. The molecule has 0 aliphatic rings. The van der Waals surface area contributed by atoms with E-state index in [0.717, 1.165) is 18.4 Å². The summed E-state index contributed by atoms with van der Waals surface area (Å²) in [6.45, 7) is 7.39. The van der Waals surface area contributed by atoms with Crippen LogP contribution in [0.5, 0.6) is 0 Å². The highest BCUT2D eigenvalue weighted by atomic mass is 35.7. The third-order valence-corrected chi connectivity index (χ3v) is 4.69. The number of rotatable bonds is 5. The lowest BCUT2D eigenvalue weighted by molar-refractivity contribution is 0.0938. The van der Waals surface area contributed by atoms with Crippen molar-refractivity contribution in [2.45, 2.75) is 51.5 Å². The molecule has 1 unspecified atom stereocenters. The molecule has 1 aromatic rings. The van der Waals surface area contributed by atoms with Gasteiger partial charge in [0, 0.05) is 22.3 Å². The van der Waals surface area contributed by atoms with E-state index in [2.05, 4.69) is 5.32 Å². The number of benzene rings is 1. The second-order valence-corrected chi connectivity index (χ2v) is 7.55. The summed E-state index contributed by atoms with van der Waals surface area (Å²) in [7, 11) is 1.55. The summed E-state index contributed by atoms with van der Waals surface area (Å²) in [5.41, 5.74) is 1.61. The Morgan fingerprint density at radius 3 is 2.45 bits per heavy atom. The maximum Gasteiger partial charge on any atom is 0.261 e. The van der Waals surface area contributed by atoms with E-state index in [1.807, 2.05) is 13.8 Å². The minimum absolute atomic E-state index is 0.00698. The fourth-order valence-electron chi connectivity index (χ4n) is 2.02. The van der Waals surface area contributed by atoms with Gasteiger partial charge in [-0.2, -0.15) is 0 Å². The smallest absolute Gasteiger partial charge is 0.261 e. The van der Waals surface area contributed by atoms with Crippen LogP contribution in [0.25, 0.3) is 0 Å². The molecule has 0 spiro atoms. The van der Waals surface area contributed by atoms with E-state index in [1.165, 1.54) is 6.07 Å². The number of carbonyl (C=O) groups is 1. The Labute approximate surface area is 124 Å². The first-order chi connectivity index (χ1) is 9.16. The van der Waals surface area contributed by atoms with Gasteiger partial charge in [-0.25, -0.2) is 8.42 Å². The van der Waals surface area contributed by atoms with Gasteiger partial charge in [-0.3, -0.25) is 4.79 Å². The molecule has 4 nitrogen and oxygen atoms in total. The molecule has 1 amide bonds. The minimum Gasteiger partial charge on any atom is -0.350 e. The Bertz CT molecular complexity index is 611. The Morgan fingerprint density at radius 2 is 1.95 bits per heavy atom. The molecule has 0 aromatic heterocycles. The molecule has 0 saturated heterocycles. The lowest BCUT2D eigenvalue weighted by Crippen LogP contribution is -2.32. The van der Waals surface area contributed by atoms with Gasteiger partial charge < -0.3 is 5.32 Å². The largest absolute Gasteiger partial charge is 0.350 e. The molecule has 1 rings (SSSR count). The summed E-state index contributed by atoms with van der Waals surface area (Å²) < 4.78 is 23.1. The topological polar surface area (TPSA) is 63.2 Å². The van der Waals surface area contributed by atoms with Crippen molar-refractivity contribution >= 4 is 25.6 Å². The molecule has 0 aliphatic carbocycles. The van der Waals surface area contributed by atoms with Crippen molar-refractivity contribution in [2.24, 2.45) is 0 Å². The average molecular weight is 318 g/mol. The zero-order chi connectivity index (χ0) is 15.5. The second kappa shape index (κ2) is 6.59. The number of amides is 1. The van der Waals surface area contributed by atoms with Crippen molar-refractivity contribution in [1.82, 2.24) is 5.32 Å². The first-order valence-corrected chi connectivity index (χ1v) is 8.84. The van der Waals surface area contributed by atoms with Gasteiger partial charge in [-0.15, -0.1) is 0 Å². The summed E-state index contributed by atoms with van der Waals surface area (Å²) in [5, 5.41) is 2.85. The van der Waals surface area contributed by atoms with Crippen LogP contribution in [0.4, 0.5) is 0 Å². The van der Waals surface area contributed by atoms with Crippen LogP contribution in [0.1, 0.15) is 48.2 Å². The minimum atomic E-state index is -3.86. The zero-order valence-corrected chi connectivity index (χ0v) is 13.7. The third-order valence-electron chi connectivity index (χ3n) is 3.24. The van der Waals surface area contributed by atoms with Crippen LogP contribution in [-0.4, -0.2) is 20.4 Å². The molecule has 1 N–H and O–H groups in total. The number of nitrogens with one attached hydrogen (secondary N) is 1. The van der Waals surface area contributed by atoms with Gasteiger partial charge in [0.15, 0.2) is 0 Å². The van der Waals surface area contributed by atoms with Crippen molar-refractivity contribution < 1.29 is 13.2 Å². The van der Waals surface area contributed by atoms with Crippen LogP contribution in [0.2, 0.25) is 0 Å². The maximum absolute atomic E-state index is 12.1. The molecule has 112 valence electrons. The predicted molar refractivity (Wildman–Crippen MR) is 80.8 cm³/mol. The van der Waals surface area contributed by atoms with E-state index in [1.54, 1.807) is 19.9 Å². The molecule has 6 heteroatoms. The molecule has 20 heavy (non-hydrogen) atoms. The van der Waals surface area contributed by atoms with E-state index >= 15 is 0 Å². The lowest BCUT2D eigenvalue weighted by Gasteiger charge is -2.14. The van der Waals surface area contributed by atoms with Crippen LogP contribution < -0.4 is 5.32 Å². The van der Waals surface area contributed by atoms with Gasteiger partial charge in [-0.1, -0.05) is 13.3 Å². The van der Waals surface area contributed by atoms with Gasteiger partial charge in [0.2, 0.25) is 0 Å². The summed E-state index contributed by atoms with van der Waals surface area (Å²) in [5.74, 6) is -0.282. The number of aryl methyl sites for hydroxylation is 1. The number of carbonyl (C=O) groups excluding carboxylic acids is 1. The van der Waals surface area contributed by atoms with Gasteiger partial charge in [0.25, 0.3) is 15.0 Å². The normalized spacial score (nSPS) is 13.1. The molecule has 1 atom stereocenters. The number of hydrogen-bond donors (Lipinski definition) is 1. The highest BCUT2D eigenvalue weighted by molar-refractivity contribution is 8.13. The zero-order valence-electron chi connectivity index (χ0n) is 12.2. The SMILES string of the molecule is CCCC(C)NC(=O)c1cc(C)c(C)c(S(=O)(=O)Cl)c1. The highest BCUT2D eigenvalue weighted by Crippen LogP contribution is 2.24. The fraction of sp³-hybridized carbons (Fsp3) is 0.500. The fourth-order valence-corrected chi connectivity index (χ4v) is 3.30. The van der Waals surface area contributed by atoms with Crippen LogP contribution in [0.3, 0.4) is 0 Å². The third kappa shape index (κ3) is 4.21. The summed E-state index contributed by atoms with van der Waals surface area (Å²) in [4.78, 5) is 12.1. The van der Waals surface area contributed by atoms with E-state index in [0.29, 0.717) is 11.1 Å². The summed E-state index contributed by atoms with van der Waals surface area (Å²) >= 11 is 0. The van der Waals surface area contributed by atoms with E-state index in [9.17, 15) is 13.2 Å². The predicted octanol–water partition coefficient (Wildman–Crippen LogP) is 3.15. The van der Waals surface area contributed by atoms with Crippen molar-refractivity contribution in [2.75, 3.05) is 0 Å². The quantitative estimate of drug-likeness (QED) is 0.848. The van der Waals surface area contributed by atoms with Crippen molar-refractivity contribution in [3.63, 3.8) is 0 Å². The summed E-state index contributed by atoms with van der Waals surface area (Å²) in [6.07, 6.45) is 1.84. The van der Waals surface area contributed by atoms with Crippen LogP contribution >= 0.6 is 10.7 Å². The Hall–Kier alpha value is -1.07. The van der Waals surface area contributed by atoms with E-state index < -0.39 is 9.05 Å². The maximum atomic E-state index is 12.1. The molecule has 0 saturated carbocycles. The van der Waals surface area contributed by atoms with Gasteiger partial charge in [0.1, 0.15) is 0 Å². The molecule has 0 heterocycles. The van der Waals surface area contributed by atoms with Gasteiger partial charge in [0.05, 0.1) is 4.90 Å². The van der Waals surface area contributed by atoms with Crippen LogP contribution in [0.15, 0.2) is 17.0 Å². The Kier molecular flexibility index (Phi) is 5.59. The van der Waals surface area contributed by atoms with E-state index in [-0.39, 0.29) is 16.8 Å². The number of hydrogen-bond acceptors (Lipinski definition) is 3. The van der Waals surface area contributed by atoms with Crippen LogP contribution in [0, 0.1) is 13.8 Å². The van der Waals surface area contributed by atoms with Gasteiger partial charge >= 0.3 is 0 Å². The summed E-state index contributed by atoms with van der Waals surface area (Å²) in [6, 6.07) is 3.05. The van der Waals surface area contributed by atoms with Crippen molar-refractivity contribution in [3.05, 3.63) is 28.8 Å². The first kappa shape index (κ1) is 17.0. The molecular formula is C14H20ClNO3S. The Morgan fingerprint density at radius 1 is 1.35 bits per heavy atom. The van der Waals surface area contributed by atoms with Crippen molar-refractivity contribution in [3.8, 4) is 0 Å². The monoisotopic (exact) mass is 317 g/mol. The Balaban J connectivity index is 3.15. The standard InChI is InChI=1S/C14H20ClNO3S/c1-5-6-10(3)16-14(17)12-7-9(2)11(4)13(8-12)20(15,18)19/h7-8,10H,5-6H2,1-4H3,(H,16,17). The molecule has 0 fully saturated rings. The van der Waals surface area contributed by atoms with Crippen molar-refractivity contribution in [1.29, 1.82) is 0 Å². The molecular weight excluding hydrogens is 298 g/mol. The average Bonchev–Trinajstić information content (AvgIpc) is 2.30.